The van der Waals surface area contributed by atoms with Gasteiger partial charge in [0.15, 0.2) is 5.60 Å². The van der Waals surface area contributed by atoms with E-state index in [-0.39, 0.29) is 24.0 Å². The molecule has 1 heterocycles. The molecule has 4 nitrogen and oxygen atoms in total. The van der Waals surface area contributed by atoms with E-state index in [0.29, 0.717) is 12.1 Å². The van der Waals surface area contributed by atoms with E-state index in [0.717, 1.165) is 11.3 Å². The number of benzene rings is 1. The fraction of sp³-hybridized carbons (Fsp3) is 0.500. The number of hydrogen-bond donors (Lipinski definition) is 1. The molecule has 1 aromatic carbocycles. The van der Waals surface area contributed by atoms with Crippen LogP contribution in [0.2, 0.25) is 0 Å². The van der Waals surface area contributed by atoms with Gasteiger partial charge in [0.25, 0.3) is 5.91 Å². The minimum absolute atomic E-state index is 0.170. The second kappa shape index (κ2) is 5.02. The zero-order valence-corrected chi connectivity index (χ0v) is 12.4. The molecular formula is C16H21NO3. The Hall–Kier alpha value is -1.68. The smallest absolute Gasteiger partial charge is 0.264 e. The van der Waals surface area contributed by atoms with E-state index in [1.165, 1.54) is 6.92 Å². The Balaban J connectivity index is 2.58. The molecule has 0 aliphatic carbocycles. The van der Waals surface area contributed by atoms with Crippen molar-refractivity contribution in [1.29, 1.82) is 0 Å². The molecule has 1 aliphatic heterocycles. The molecule has 1 aromatic rings. The van der Waals surface area contributed by atoms with Crippen molar-refractivity contribution in [2.24, 2.45) is 5.92 Å². The van der Waals surface area contributed by atoms with Gasteiger partial charge in [-0.05, 0) is 25.3 Å². The average molecular weight is 275 g/mol. The van der Waals surface area contributed by atoms with Crippen molar-refractivity contribution in [3.8, 4) is 0 Å². The van der Waals surface area contributed by atoms with Crippen LogP contribution in [0.25, 0.3) is 0 Å². The zero-order valence-electron chi connectivity index (χ0n) is 12.4. The normalized spacial score (nSPS) is 21.5. The zero-order chi connectivity index (χ0) is 15.1. The summed E-state index contributed by atoms with van der Waals surface area (Å²) in [4.78, 5) is 25.7. The summed E-state index contributed by atoms with van der Waals surface area (Å²) in [5.74, 6) is -0.295. The van der Waals surface area contributed by atoms with Crippen LogP contribution in [0.4, 0.5) is 5.69 Å². The monoisotopic (exact) mass is 275 g/mol. The minimum atomic E-state index is -1.71. The second-order valence-corrected chi connectivity index (χ2v) is 6.02. The van der Waals surface area contributed by atoms with Gasteiger partial charge in [-0.15, -0.1) is 0 Å². The number of aryl methyl sites for hydroxylation is 1. The first-order chi connectivity index (χ1) is 9.27. The first-order valence-corrected chi connectivity index (χ1v) is 6.91. The number of rotatable bonds is 4. The molecule has 0 saturated heterocycles. The molecule has 1 unspecified atom stereocenters. The Morgan fingerprint density at radius 1 is 1.40 bits per heavy atom. The predicted octanol–water partition coefficient (Wildman–Crippen LogP) is 2.16. The number of aliphatic hydroxyl groups is 1. The highest BCUT2D eigenvalue weighted by Crippen LogP contribution is 2.44. The van der Waals surface area contributed by atoms with Crippen LogP contribution in [0.3, 0.4) is 0 Å². The van der Waals surface area contributed by atoms with E-state index in [2.05, 4.69) is 0 Å². The molecule has 1 aliphatic rings. The quantitative estimate of drug-likeness (QED) is 0.916. The third-order valence-corrected chi connectivity index (χ3v) is 3.60. The molecule has 0 bridgehead atoms. The molecule has 0 aromatic heterocycles. The predicted molar refractivity (Wildman–Crippen MR) is 77.6 cm³/mol. The van der Waals surface area contributed by atoms with Crippen molar-refractivity contribution in [1.82, 2.24) is 0 Å². The summed E-state index contributed by atoms with van der Waals surface area (Å²) in [5.41, 5.74) is 0.548. The van der Waals surface area contributed by atoms with Crippen LogP contribution in [0.1, 0.15) is 38.3 Å². The summed E-state index contributed by atoms with van der Waals surface area (Å²) < 4.78 is 0. The maximum absolute atomic E-state index is 12.6. The molecule has 0 saturated carbocycles. The van der Waals surface area contributed by atoms with E-state index in [9.17, 15) is 14.7 Å². The fourth-order valence-corrected chi connectivity index (χ4v) is 2.86. The highest BCUT2D eigenvalue weighted by Gasteiger charge is 2.50. The lowest BCUT2D eigenvalue weighted by Gasteiger charge is -2.23. The Morgan fingerprint density at radius 2 is 2.05 bits per heavy atom. The molecule has 0 fully saturated rings. The molecule has 108 valence electrons. The summed E-state index contributed by atoms with van der Waals surface area (Å²) in [6.07, 6.45) is -0.170. The lowest BCUT2D eigenvalue weighted by atomic mass is 9.89. The van der Waals surface area contributed by atoms with Gasteiger partial charge < -0.3 is 10.0 Å². The first-order valence-electron chi connectivity index (χ1n) is 6.91. The Bertz CT molecular complexity index is 565. The number of nitrogens with zero attached hydrogens (tertiary/aromatic N) is 1. The number of anilines is 1. The number of para-hydroxylation sites is 1. The molecule has 20 heavy (non-hydrogen) atoms. The topological polar surface area (TPSA) is 57.6 Å². The van der Waals surface area contributed by atoms with Gasteiger partial charge >= 0.3 is 0 Å². The summed E-state index contributed by atoms with van der Waals surface area (Å²) >= 11 is 0. The van der Waals surface area contributed by atoms with Crippen molar-refractivity contribution >= 4 is 17.4 Å². The number of hydrogen-bond acceptors (Lipinski definition) is 3. The van der Waals surface area contributed by atoms with Crippen LogP contribution < -0.4 is 4.90 Å². The van der Waals surface area contributed by atoms with Crippen molar-refractivity contribution in [3.63, 3.8) is 0 Å². The Kier molecular flexibility index (Phi) is 3.69. The van der Waals surface area contributed by atoms with Crippen LogP contribution in [-0.2, 0) is 15.2 Å². The standard InChI is InChI=1S/C16H21NO3/c1-10(2)9-17-14-11(3)6-5-7-13(14)16(20,15(17)19)8-12(4)18/h5-7,10,20H,8-9H2,1-4H3. The minimum Gasteiger partial charge on any atom is -0.375 e. The van der Waals surface area contributed by atoms with Gasteiger partial charge in [0, 0.05) is 18.5 Å². The average Bonchev–Trinajstić information content (AvgIpc) is 2.52. The molecule has 1 N–H and O–H groups in total. The third kappa shape index (κ3) is 2.24. The molecule has 2 rings (SSSR count). The maximum Gasteiger partial charge on any atom is 0.264 e. The van der Waals surface area contributed by atoms with E-state index in [1.54, 1.807) is 11.0 Å². The maximum atomic E-state index is 12.6. The SMILES string of the molecule is CC(=O)CC1(O)C(=O)N(CC(C)C)c2c(C)cccc21. The molecule has 1 atom stereocenters. The van der Waals surface area contributed by atoms with Gasteiger partial charge in [0.1, 0.15) is 5.78 Å². The lowest BCUT2D eigenvalue weighted by molar-refractivity contribution is -0.141. The second-order valence-electron chi connectivity index (χ2n) is 6.02. The molecule has 1 amide bonds. The molecule has 4 heteroatoms. The number of fused-ring (bicyclic) bond motifs is 1. The van der Waals surface area contributed by atoms with E-state index in [1.807, 2.05) is 32.9 Å². The van der Waals surface area contributed by atoms with Crippen molar-refractivity contribution in [3.05, 3.63) is 29.3 Å². The van der Waals surface area contributed by atoms with Crippen molar-refractivity contribution < 1.29 is 14.7 Å². The van der Waals surface area contributed by atoms with Crippen LogP contribution >= 0.6 is 0 Å². The third-order valence-electron chi connectivity index (χ3n) is 3.60. The van der Waals surface area contributed by atoms with E-state index in [4.69, 9.17) is 0 Å². The number of amides is 1. The molecule has 0 radical (unpaired) electrons. The molecule has 0 spiro atoms. The van der Waals surface area contributed by atoms with Crippen LogP contribution in [0, 0.1) is 12.8 Å². The Labute approximate surface area is 119 Å². The van der Waals surface area contributed by atoms with E-state index >= 15 is 0 Å². The van der Waals surface area contributed by atoms with Crippen LogP contribution in [-0.4, -0.2) is 23.3 Å². The highest BCUT2D eigenvalue weighted by atomic mass is 16.3. The number of Topliss-reactive ketones (excluding diaryl/α,β-unsaturated/α-hetero) is 1. The van der Waals surface area contributed by atoms with Crippen LogP contribution in [0.15, 0.2) is 18.2 Å². The Morgan fingerprint density at radius 3 is 2.60 bits per heavy atom. The molecular weight excluding hydrogens is 254 g/mol. The highest BCUT2D eigenvalue weighted by molar-refractivity contribution is 6.09. The van der Waals surface area contributed by atoms with Gasteiger partial charge in [-0.3, -0.25) is 9.59 Å². The number of carbonyl (C=O) groups excluding carboxylic acids is 2. The number of carbonyl (C=O) groups is 2. The largest absolute Gasteiger partial charge is 0.375 e. The lowest BCUT2D eigenvalue weighted by Crippen LogP contribution is -2.42. The van der Waals surface area contributed by atoms with Crippen molar-refractivity contribution in [2.75, 3.05) is 11.4 Å². The van der Waals surface area contributed by atoms with Crippen molar-refractivity contribution in [2.45, 2.75) is 39.7 Å². The van der Waals surface area contributed by atoms with Crippen LogP contribution in [0.5, 0.6) is 0 Å². The summed E-state index contributed by atoms with van der Waals surface area (Å²) in [6, 6.07) is 5.47. The first kappa shape index (κ1) is 14.7. The van der Waals surface area contributed by atoms with E-state index < -0.39 is 5.60 Å². The summed E-state index contributed by atoms with van der Waals surface area (Å²) in [7, 11) is 0. The van der Waals surface area contributed by atoms with Gasteiger partial charge in [-0.1, -0.05) is 32.0 Å². The fourth-order valence-electron chi connectivity index (χ4n) is 2.86. The van der Waals surface area contributed by atoms with Gasteiger partial charge in [0.05, 0.1) is 5.69 Å². The number of ketones is 1. The summed E-state index contributed by atoms with van der Waals surface area (Å²) in [5, 5.41) is 10.8. The van der Waals surface area contributed by atoms with Gasteiger partial charge in [0.2, 0.25) is 0 Å². The summed E-state index contributed by atoms with van der Waals surface area (Å²) in [6.45, 7) is 7.89. The van der Waals surface area contributed by atoms with Gasteiger partial charge in [-0.2, -0.15) is 0 Å². The van der Waals surface area contributed by atoms with Gasteiger partial charge in [-0.25, -0.2) is 0 Å².